The zero-order valence-corrected chi connectivity index (χ0v) is 24.5. The van der Waals surface area contributed by atoms with Gasteiger partial charge in [-0.1, -0.05) is 28.1 Å². The van der Waals surface area contributed by atoms with Crippen LogP contribution >= 0.6 is 15.9 Å². The van der Waals surface area contributed by atoms with Crippen LogP contribution < -0.4 is 4.74 Å². The van der Waals surface area contributed by atoms with Gasteiger partial charge in [-0.2, -0.15) is 18.3 Å². The van der Waals surface area contributed by atoms with Gasteiger partial charge in [-0.15, -0.1) is 0 Å². The van der Waals surface area contributed by atoms with E-state index < -0.39 is 11.6 Å². The second-order valence-electron chi connectivity index (χ2n) is 11.0. The van der Waals surface area contributed by atoms with Gasteiger partial charge in [0.1, 0.15) is 5.78 Å². The van der Waals surface area contributed by atoms with E-state index in [1.807, 2.05) is 6.07 Å². The minimum Gasteiger partial charge on any atom is -0.477 e. The first-order chi connectivity index (χ1) is 18.3. The number of Topliss-reactive ketones (excluding diaryl/α,β-unsaturated/α-hetero) is 1. The van der Waals surface area contributed by atoms with E-state index in [0.29, 0.717) is 41.1 Å². The Balaban J connectivity index is 1.48. The zero-order chi connectivity index (χ0) is 28.4. The van der Waals surface area contributed by atoms with E-state index >= 15 is 0 Å². The normalized spacial score (nSPS) is 14.7. The number of pyridine rings is 1. The molecule has 1 aliphatic carbocycles. The van der Waals surface area contributed by atoms with Crippen LogP contribution in [-0.4, -0.2) is 33.3 Å². The van der Waals surface area contributed by atoms with Crippen molar-refractivity contribution in [3.63, 3.8) is 0 Å². The Morgan fingerprint density at radius 2 is 1.85 bits per heavy atom. The lowest BCUT2D eigenvalue weighted by molar-refractivity contribution is -0.180. The SMILES string of the molecule is CC(=O)CC(Cc1cc(OCCc2ccc3c(n2)CCCC3)n(C)n1)c1cc(Br)cc(C(C)(C)C(F)(F)F)c1. The Kier molecular flexibility index (Phi) is 8.88. The Hall–Kier alpha value is -2.68. The van der Waals surface area contributed by atoms with Gasteiger partial charge in [0, 0.05) is 41.8 Å². The van der Waals surface area contributed by atoms with Crippen LogP contribution in [0.2, 0.25) is 0 Å². The average molecular weight is 607 g/mol. The van der Waals surface area contributed by atoms with Gasteiger partial charge in [0.2, 0.25) is 5.88 Å². The first-order valence-electron chi connectivity index (χ1n) is 13.3. The van der Waals surface area contributed by atoms with Gasteiger partial charge in [0.25, 0.3) is 0 Å². The smallest absolute Gasteiger partial charge is 0.397 e. The number of nitrogens with zero attached hydrogens (tertiary/aromatic N) is 3. The van der Waals surface area contributed by atoms with Crippen LogP contribution in [0.25, 0.3) is 0 Å². The summed E-state index contributed by atoms with van der Waals surface area (Å²) in [5.74, 6) is 0.226. The third-order valence-corrected chi connectivity index (χ3v) is 8.00. The van der Waals surface area contributed by atoms with Crippen LogP contribution in [0.15, 0.2) is 40.9 Å². The average Bonchev–Trinajstić information content (AvgIpc) is 3.20. The summed E-state index contributed by atoms with van der Waals surface area (Å²) in [5.41, 5.74) is 3.04. The minimum absolute atomic E-state index is 0.0402. The Morgan fingerprint density at radius 1 is 1.10 bits per heavy atom. The molecule has 2 aromatic heterocycles. The number of hydrogen-bond acceptors (Lipinski definition) is 4. The number of rotatable bonds is 10. The lowest BCUT2D eigenvalue weighted by Crippen LogP contribution is -2.36. The number of benzene rings is 1. The van der Waals surface area contributed by atoms with Gasteiger partial charge >= 0.3 is 6.18 Å². The molecule has 1 unspecified atom stereocenters. The van der Waals surface area contributed by atoms with Crippen molar-refractivity contribution in [3.05, 3.63) is 74.6 Å². The predicted octanol–water partition coefficient (Wildman–Crippen LogP) is 7.22. The fourth-order valence-electron chi connectivity index (χ4n) is 5.05. The van der Waals surface area contributed by atoms with Crippen LogP contribution in [0.3, 0.4) is 0 Å². The second kappa shape index (κ2) is 11.8. The van der Waals surface area contributed by atoms with Crippen LogP contribution in [0.4, 0.5) is 13.2 Å². The molecule has 1 aromatic carbocycles. The molecule has 1 atom stereocenters. The Labute approximate surface area is 236 Å². The largest absolute Gasteiger partial charge is 0.477 e. The number of aryl methyl sites for hydroxylation is 3. The first kappa shape index (κ1) is 29.3. The van der Waals surface area contributed by atoms with E-state index in [0.717, 1.165) is 18.5 Å². The molecule has 210 valence electrons. The van der Waals surface area contributed by atoms with Gasteiger partial charge in [-0.05, 0) is 93.7 Å². The molecule has 39 heavy (non-hydrogen) atoms. The molecule has 0 spiro atoms. The number of carbonyl (C=O) groups is 1. The maximum Gasteiger partial charge on any atom is 0.397 e. The molecule has 0 saturated heterocycles. The van der Waals surface area contributed by atoms with Crippen LogP contribution in [0.5, 0.6) is 5.88 Å². The monoisotopic (exact) mass is 605 g/mol. The van der Waals surface area contributed by atoms with Crippen molar-refractivity contribution < 1.29 is 22.7 Å². The molecule has 0 radical (unpaired) electrons. The number of hydrogen-bond donors (Lipinski definition) is 0. The molecule has 0 fully saturated rings. The van der Waals surface area contributed by atoms with Crippen molar-refractivity contribution >= 4 is 21.7 Å². The molecule has 3 aromatic rings. The highest BCUT2D eigenvalue weighted by atomic mass is 79.9. The molecular weight excluding hydrogens is 571 g/mol. The third kappa shape index (κ3) is 7.10. The molecule has 9 heteroatoms. The van der Waals surface area contributed by atoms with Crippen molar-refractivity contribution in [1.82, 2.24) is 14.8 Å². The van der Waals surface area contributed by atoms with Gasteiger partial charge in [-0.25, -0.2) is 4.68 Å². The predicted molar refractivity (Wildman–Crippen MR) is 148 cm³/mol. The number of carbonyl (C=O) groups excluding carboxylic acids is 1. The minimum atomic E-state index is -4.41. The molecule has 0 N–H and O–H groups in total. The van der Waals surface area contributed by atoms with E-state index in [-0.39, 0.29) is 23.7 Å². The van der Waals surface area contributed by atoms with Crippen molar-refractivity contribution in [2.45, 2.75) is 83.2 Å². The van der Waals surface area contributed by atoms with Gasteiger partial charge in [-0.3, -0.25) is 4.98 Å². The molecule has 0 amide bonds. The number of ketones is 1. The summed E-state index contributed by atoms with van der Waals surface area (Å²) in [6.07, 6.45) is 1.39. The number of ether oxygens (including phenoxy) is 1. The molecule has 0 saturated carbocycles. The Morgan fingerprint density at radius 3 is 2.56 bits per heavy atom. The standard InChI is InChI=1S/C30H35BrF3N3O2/c1-19(38)13-21(22-14-23(17-24(31)15-22)29(2,3)30(32,33)34)16-26-18-28(37(4)36-26)39-12-11-25-10-9-20-7-5-6-8-27(20)35-25/h9-10,14-15,17-18,21H,5-8,11-13,16H2,1-4H3. The fourth-order valence-corrected chi connectivity index (χ4v) is 5.56. The van der Waals surface area contributed by atoms with Crippen molar-refractivity contribution in [2.75, 3.05) is 6.61 Å². The number of halogens is 4. The van der Waals surface area contributed by atoms with Crippen molar-refractivity contribution in [3.8, 4) is 5.88 Å². The lowest BCUT2D eigenvalue weighted by Gasteiger charge is -2.29. The van der Waals surface area contributed by atoms with Crippen molar-refractivity contribution in [2.24, 2.45) is 7.05 Å². The fraction of sp³-hybridized carbons (Fsp3) is 0.500. The Bertz CT molecular complexity index is 1330. The molecule has 5 nitrogen and oxygen atoms in total. The summed E-state index contributed by atoms with van der Waals surface area (Å²) in [6, 6.07) is 10.9. The van der Waals surface area contributed by atoms with Gasteiger partial charge in [0.05, 0.1) is 17.7 Å². The van der Waals surface area contributed by atoms with E-state index in [2.05, 4.69) is 33.2 Å². The summed E-state index contributed by atoms with van der Waals surface area (Å²) in [7, 11) is 1.79. The maximum atomic E-state index is 13.8. The van der Waals surface area contributed by atoms with Gasteiger partial charge < -0.3 is 9.53 Å². The van der Waals surface area contributed by atoms with E-state index in [9.17, 15) is 18.0 Å². The summed E-state index contributed by atoms with van der Waals surface area (Å²) >= 11 is 3.38. The van der Waals surface area contributed by atoms with Crippen LogP contribution in [-0.2, 0) is 42.9 Å². The van der Waals surface area contributed by atoms with Crippen molar-refractivity contribution in [1.29, 1.82) is 0 Å². The summed E-state index contributed by atoms with van der Waals surface area (Å²) in [4.78, 5) is 16.9. The number of aromatic nitrogens is 3. The second-order valence-corrected chi connectivity index (χ2v) is 11.9. The lowest BCUT2D eigenvalue weighted by atomic mass is 9.80. The molecule has 4 rings (SSSR count). The molecular formula is C30H35BrF3N3O2. The van der Waals surface area contributed by atoms with E-state index in [4.69, 9.17) is 9.72 Å². The summed E-state index contributed by atoms with van der Waals surface area (Å²) in [5, 5.41) is 4.57. The topological polar surface area (TPSA) is 57.0 Å². The summed E-state index contributed by atoms with van der Waals surface area (Å²) < 4.78 is 49.5. The molecule has 0 bridgehead atoms. The molecule has 2 heterocycles. The highest BCUT2D eigenvalue weighted by molar-refractivity contribution is 9.10. The van der Waals surface area contributed by atoms with E-state index in [1.165, 1.54) is 50.9 Å². The van der Waals surface area contributed by atoms with E-state index in [1.54, 1.807) is 23.9 Å². The van der Waals surface area contributed by atoms with Crippen LogP contribution in [0.1, 0.15) is 79.7 Å². The number of alkyl halides is 3. The van der Waals surface area contributed by atoms with Gasteiger partial charge in [0.15, 0.2) is 0 Å². The molecule has 1 aliphatic rings. The highest BCUT2D eigenvalue weighted by Crippen LogP contribution is 2.42. The summed E-state index contributed by atoms with van der Waals surface area (Å²) in [6.45, 7) is 4.28. The van der Waals surface area contributed by atoms with Crippen LogP contribution in [0, 0.1) is 0 Å². The quantitative estimate of drug-likeness (QED) is 0.245. The maximum absolute atomic E-state index is 13.8. The highest BCUT2D eigenvalue weighted by Gasteiger charge is 2.48. The third-order valence-electron chi connectivity index (χ3n) is 7.54. The molecule has 0 aliphatic heterocycles. The number of fused-ring (bicyclic) bond motifs is 1. The first-order valence-corrected chi connectivity index (χ1v) is 14.1. The zero-order valence-electron chi connectivity index (χ0n) is 22.9.